The van der Waals surface area contributed by atoms with Gasteiger partial charge in [-0.3, -0.25) is 4.98 Å². The summed E-state index contributed by atoms with van der Waals surface area (Å²) in [5, 5.41) is 0. The van der Waals surface area contributed by atoms with Gasteiger partial charge in [-0.1, -0.05) is 0 Å². The summed E-state index contributed by atoms with van der Waals surface area (Å²) in [6.07, 6.45) is 4.33. The monoisotopic (exact) mass is 280 g/mol. The number of rotatable bonds is 3. The third-order valence-corrected chi connectivity index (χ3v) is 3.33. The first-order chi connectivity index (χ1) is 7.74. The summed E-state index contributed by atoms with van der Waals surface area (Å²) in [7, 11) is 1.97. The molecule has 16 heavy (non-hydrogen) atoms. The van der Waals surface area contributed by atoms with E-state index in [0.29, 0.717) is 6.54 Å². The number of aromatic nitrogens is 3. The highest BCUT2D eigenvalue weighted by Crippen LogP contribution is 2.27. The zero-order valence-electron chi connectivity index (χ0n) is 9.02. The summed E-state index contributed by atoms with van der Waals surface area (Å²) in [6, 6.07) is 3.89. The maximum Gasteiger partial charge on any atom is 0.112 e. The number of halogens is 1. The van der Waals surface area contributed by atoms with Gasteiger partial charge in [-0.15, -0.1) is 0 Å². The van der Waals surface area contributed by atoms with Crippen molar-refractivity contribution in [2.24, 2.45) is 12.8 Å². The smallest absolute Gasteiger partial charge is 0.112 e. The average Bonchev–Trinajstić information content (AvgIpc) is 2.59. The third-order valence-electron chi connectivity index (χ3n) is 2.42. The Balaban J connectivity index is 2.46. The second-order valence-corrected chi connectivity index (χ2v) is 4.26. The van der Waals surface area contributed by atoms with Gasteiger partial charge >= 0.3 is 0 Å². The molecule has 0 aromatic carbocycles. The minimum absolute atomic E-state index is 0.601. The number of nitrogens with two attached hydrogens (primary N) is 1. The third kappa shape index (κ3) is 2.01. The Hall–Kier alpha value is -1.20. The number of imidazole rings is 1. The fourth-order valence-corrected chi connectivity index (χ4v) is 2.08. The zero-order chi connectivity index (χ0) is 11.5. The van der Waals surface area contributed by atoms with Gasteiger partial charge in [-0.25, -0.2) is 4.98 Å². The van der Waals surface area contributed by atoms with E-state index in [4.69, 9.17) is 5.73 Å². The SMILES string of the molecule is Cn1c(CCN)nc(-c2cccnc2)c1Br. The molecule has 0 unspecified atom stereocenters. The summed E-state index contributed by atoms with van der Waals surface area (Å²) >= 11 is 3.54. The Morgan fingerprint density at radius 1 is 1.50 bits per heavy atom. The Labute approximate surface area is 103 Å². The highest BCUT2D eigenvalue weighted by molar-refractivity contribution is 9.10. The van der Waals surface area contributed by atoms with Crippen molar-refractivity contribution >= 4 is 15.9 Å². The molecule has 0 radical (unpaired) electrons. The molecule has 0 aliphatic rings. The van der Waals surface area contributed by atoms with Gasteiger partial charge in [0, 0.05) is 31.4 Å². The van der Waals surface area contributed by atoms with E-state index >= 15 is 0 Å². The van der Waals surface area contributed by atoms with Gasteiger partial charge in [0.25, 0.3) is 0 Å². The summed E-state index contributed by atoms with van der Waals surface area (Å²) in [5.41, 5.74) is 7.47. The van der Waals surface area contributed by atoms with E-state index in [-0.39, 0.29) is 0 Å². The van der Waals surface area contributed by atoms with Gasteiger partial charge < -0.3 is 10.3 Å². The van der Waals surface area contributed by atoms with Crippen LogP contribution in [0.25, 0.3) is 11.3 Å². The van der Waals surface area contributed by atoms with E-state index in [1.165, 1.54) is 0 Å². The fraction of sp³-hybridized carbons (Fsp3) is 0.273. The minimum atomic E-state index is 0.601. The van der Waals surface area contributed by atoms with Crippen LogP contribution in [-0.4, -0.2) is 21.1 Å². The Morgan fingerprint density at radius 2 is 2.31 bits per heavy atom. The van der Waals surface area contributed by atoms with Crippen LogP contribution in [0.5, 0.6) is 0 Å². The zero-order valence-corrected chi connectivity index (χ0v) is 10.6. The summed E-state index contributed by atoms with van der Waals surface area (Å²) in [5.74, 6) is 0.980. The highest BCUT2D eigenvalue weighted by Gasteiger charge is 2.13. The van der Waals surface area contributed by atoms with Gasteiger partial charge in [-0.2, -0.15) is 0 Å². The molecule has 2 aromatic heterocycles. The number of nitrogens with zero attached hydrogens (tertiary/aromatic N) is 3. The van der Waals surface area contributed by atoms with Crippen LogP contribution in [0.4, 0.5) is 0 Å². The first kappa shape index (κ1) is 11.3. The molecule has 84 valence electrons. The maximum atomic E-state index is 5.55. The fourth-order valence-electron chi connectivity index (χ4n) is 1.56. The second kappa shape index (κ2) is 4.76. The van der Waals surface area contributed by atoms with E-state index in [9.17, 15) is 0 Å². The molecule has 2 rings (SSSR count). The molecule has 0 bridgehead atoms. The van der Waals surface area contributed by atoms with Gasteiger partial charge in [-0.05, 0) is 34.6 Å². The minimum Gasteiger partial charge on any atom is -0.330 e. The van der Waals surface area contributed by atoms with Gasteiger partial charge in [0.15, 0.2) is 0 Å². The Bertz CT molecular complexity index is 478. The molecule has 0 aliphatic carbocycles. The molecule has 2 heterocycles. The number of hydrogen-bond donors (Lipinski definition) is 1. The molecule has 5 heteroatoms. The summed E-state index contributed by atoms with van der Waals surface area (Å²) in [4.78, 5) is 8.66. The van der Waals surface area contributed by atoms with Gasteiger partial charge in [0.1, 0.15) is 16.1 Å². The van der Waals surface area contributed by atoms with Crippen molar-refractivity contribution in [3.63, 3.8) is 0 Å². The van der Waals surface area contributed by atoms with Crippen molar-refractivity contribution in [1.82, 2.24) is 14.5 Å². The van der Waals surface area contributed by atoms with Crippen LogP contribution in [0.3, 0.4) is 0 Å². The van der Waals surface area contributed by atoms with Crippen LogP contribution in [0.15, 0.2) is 29.1 Å². The first-order valence-corrected chi connectivity index (χ1v) is 5.85. The van der Waals surface area contributed by atoms with Crippen molar-refractivity contribution in [2.75, 3.05) is 6.54 Å². The molecule has 0 fully saturated rings. The van der Waals surface area contributed by atoms with Crippen molar-refractivity contribution in [3.8, 4) is 11.3 Å². The lowest BCUT2D eigenvalue weighted by atomic mass is 10.2. The van der Waals surface area contributed by atoms with Crippen LogP contribution in [0.2, 0.25) is 0 Å². The first-order valence-electron chi connectivity index (χ1n) is 5.05. The van der Waals surface area contributed by atoms with E-state index in [1.807, 2.05) is 23.7 Å². The molecule has 0 aliphatic heterocycles. The lowest BCUT2D eigenvalue weighted by Crippen LogP contribution is -2.07. The van der Waals surface area contributed by atoms with Crippen LogP contribution in [0.1, 0.15) is 5.82 Å². The standard InChI is InChI=1S/C11H13BrN4/c1-16-9(4-5-13)15-10(11(16)12)8-3-2-6-14-7-8/h2-3,6-7H,4-5,13H2,1H3. The topological polar surface area (TPSA) is 56.7 Å². The second-order valence-electron chi connectivity index (χ2n) is 3.51. The molecule has 4 nitrogen and oxygen atoms in total. The summed E-state index contributed by atoms with van der Waals surface area (Å²) < 4.78 is 2.97. The number of pyridine rings is 1. The largest absolute Gasteiger partial charge is 0.330 e. The van der Waals surface area contributed by atoms with E-state index < -0.39 is 0 Å². The van der Waals surface area contributed by atoms with Crippen LogP contribution in [0, 0.1) is 0 Å². The van der Waals surface area contributed by atoms with Gasteiger partial charge in [0.05, 0.1) is 0 Å². The van der Waals surface area contributed by atoms with Crippen molar-refractivity contribution in [3.05, 3.63) is 35.0 Å². The molecular weight excluding hydrogens is 268 g/mol. The molecule has 0 saturated carbocycles. The lowest BCUT2D eigenvalue weighted by molar-refractivity contribution is 0.767. The molecule has 0 saturated heterocycles. The predicted molar refractivity (Wildman–Crippen MR) is 66.9 cm³/mol. The van der Waals surface area contributed by atoms with Crippen LogP contribution in [-0.2, 0) is 13.5 Å². The highest BCUT2D eigenvalue weighted by atomic mass is 79.9. The average molecular weight is 281 g/mol. The molecule has 0 spiro atoms. The van der Waals surface area contributed by atoms with Crippen LogP contribution < -0.4 is 5.73 Å². The normalized spacial score (nSPS) is 10.7. The lowest BCUT2D eigenvalue weighted by Gasteiger charge is -1.99. The Kier molecular flexibility index (Phi) is 3.36. The Morgan fingerprint density at radius 3 is 2.94 bits per heavy atom. The molecule has 2 aromatic rings. The predicted octanol–water partition coefficient (Wildman–Crippen LogP) is 1.75. The molecule has 0 atom stereocenters. The maximum absolute atomic E-state index is 5.55. The van der Waals surface area contributed by atoms with Crippen LogP contribution >= 0.6 is 15.9 Å². The quantitative estimate of drug-likeness (QED) is 0.932. The van der Waals surface area contributed by atoms with E-state index in [0.717, 1.165) is 28.1 Å². The summed E-state index contributed by atoms with van der Waals surface area (Å²) in [6.45, 7) is 0.601. The number of hydrogen-bond acceptors (Lipinski definition) is 3. The van der Waals surface area contributed by atoms with Gasteiger partial charge in [0.2, 0.25) is 0 Å². The van der Waals surface area contributed by atoms with Crippen molar-refractivity contribution in [2.45, 2.75) is 6.42 Å². The molecule has 2 N–H and O–H groups in total. The van der Waals surface area contributed by atoms with E-state index in [1.54, 1.807) is 12.4 Å². The van der Waals surface area contributed by atoms with Crippen molar-refractivity contribution < 1.29 is 0 Å². The molecular formula is C11H13BrN4. The molecule has 0 amide bonds. The van der Waals surface area contributed by atoms with E-state index in [2.05, 4.69) is 25.9 Å². The van der Waals surface area contributed by atoms with Crippen molar-refractivity contribution in [1.29, 1.82) is 0 Å².